The Hall–Kier alpha value is -1.16. The fraction of sp³-hybridized carbons (Fsp3) is 0.538. The molecule has 0 radical (unpaired) electrons. The average molecular weight is 241 g/mol. The summed E-state index contributed by atoms with van der Waals surface area (Å²) in [6, 6.07) is 3.04. The maximum absolute atomic E-state index is 13.4. The van der Waals surface area contributed by atoms with Crippen molar-refractivity contribution in [1.82, 2.24) is 0 Å². The van der Waals surface area contributed by atoms with Crippen molar-refractivity contribution >= 4 is 0 Å². The van der Waals surface area contributed by atoms with E-state index in [1.54, 1.807) is 0 Å². The molecule has 2 unspecified atom stereocenters. The molecule has 94 valence electrons. The summed E-state index contributed by atoms with van der Waals surface area (Å²) in [5.74, 6) is -1.11. The minimum absolute atomic E-state index is 0.0194. The molecule has 4 heteroatoms. The lowest BCUT2D eigenvalue weighted by atomic mass is 9.88. The first kappa shape index (κ1) is 12.3. The summed E-state index contributed by atoms with van der Waals surface area (Å²) in [6.07, 6.45) is 1.45. The molecule has 0 aliphatic heterocycles. The Morgan fingerprint density at radius 2 is 2.06 bits per heavy atom. The van der Waals surface area contributed by atoms with Gasteiger partial charge in [0, 0.05) is 12.1 Å². The van der Waals surface area contributed by atoms with E-state index < -0.39 is 11.6 Å². The molecule has 1 saturated carbocycles. The fourth-order valence-electron chi connectivity index (χ4n) is 2.23. The molecule has 2 atom stereocenters. The summed E-state index contributed by atoms with van der Waals surface area (Å²) in [6.45, 7) is 4.12. The van der Waals surface area contributed by atoms with Crippen molar-refractivity contribution in [3.8, 4) is 5.75 Å². The maximum atomic E-state index is 13.4. The molecule has 0 heterocycles. The first-order valence-corrected chi connectivity index (χ1v) is 5.77. The van der Waals surface area contributed by atoms with Crippen LogP contribution in [0.3, 0.4) is 0 Å². The Balaban J connectivity index is 2.14. The van der Waals surface area contributed by atoms with Crippen LogP contribution < -0.4 is 10.5 Å². The van der Waals surface area contributed by atoms with Crippen LogP contribution in [0.4, 0.5) is 8.78 Å². The van der Waals surface area contributed by atoms with Gasteiger partial charge in [0.05, 0.1) is 0 Å². The smallest absolute Gasteiger partial charge is 0.165 e. The van der Waals surface area contributed by atoms with Gasteiger partial charge in [-0.15, -0.1) is 0 Å². The zero-order valence-electron chi connectivity index (χ0n) is 10.0. The zero-order chi connectivity index (χ0) is 12.6. The summed E-state index contributed by atoms with van der Waals surface area (Å²) in [4.78, 5) is 0. The van der Waals surface area contributed by atoms with E-state index in [1.807, 2.05) is 0 Å². The second-order valence-electron chi connectivity index (χ2n) is 5.28. The van der Waals surface area contributed by atoms with Gasteiger partial charge in [-0.3, -0.25) is 0 Å². The van der Waals surface area contributed by atoms with E-state index in [-0.39, 0.29) is 23.3 Å². The Morgan fingerprint density at radius 1 is 1.35 bits per heavy atom. The molecular formula is C13H17F2NO. The number of hydrogen-bond acceptors (Lipinski definition) is 2. The number of nitrogens with two attached hydrogens (primary N) is 1. The third kappa shape index (κ3) is 2.41. The largest absolute Gasteiger partial charge is 0.486 e. The molecule has 0 saturated heterocycles. The lowest BCUT2D eigenvalue weighted by Crippen LogP contribution is -2.42. The average Bonchev–Trinajstić information content (AvgIpc) is 2.51. The molecule has 17 heavy (non-hydrogen) atoms. The van der Waals surface area contributed by atoms with E-state index in [4.69, 9.17) is 10.5 Å². The second-order valence-corrected chi connectivity index (χ2v) is 5.28. The summed E-state index contributed by atoms with van der Waals surface area (Å²) < 4.78 is 31.9. The molecule has 0 aromatic heterocycles. The first-order chi connectivity index (χ1) is 7.90. The molecule has 1 fully saturated rings. The summed E-state index contributed by atoms with van der Waals surface area (Å²) in [5.41, 5.74) is 6.03. The van der Waals surface area contributed by atoms with E-state index in [9.17, 15) is 8.78 Å². The fourth-order valence-corrected chi connectivity index (χ4v) is 2.23. The van der Waals surface area contributed by atoms with Crippen LogP contribution in [0.1, 0.15) is 26.7 Å². The molecule has 2 rings (SSSR count). The van der Waals surface area contributed by atoms with E-state index in [1.165, 1.54) is 0 Å². The lowest BCUT2D eigenvalue weighted by Gasteiger charge is -2.27. The molecule has 0 bridgehead atoms. The van der Waals surface area contributed by atoms with Gasteiger partial charge in [-0.2, -0.15) is 0 Å². The van der Waals surface area contributed by atoms with Crippen LogP contribution in [0.15, 0.2) is 18.2 Å². The zero-order valence-corrected chi connectivity index (χ0v) is 10.0. The van der Waals surface area contributed by atoms with Gasteiger partial charge in [0.2, 0.25) is 0 Å². The monoisotopic (exact) mass is 241 g/mol. The predicted octanol–water partition coefficient (Wildman–Crippen LogP) is 2.86. The third-order valence-corrected chi connectivity index (χ3v) is 3.55. The highest BCUT2D eigenvalue weighted by Gasteiger charge is 2.41. The van der Waals surface area contributed by atoms with Crippen molar-refractivity contribution in [1.29, 1.82) is 0 Å². The highest BCUT2D eigenvalue weighted by Crippen LogP contribution is 2.38. The van der Waals surface area contributed by atoms with Gasteiger partial charge in [0.25, 0.3) is 0 Å². The van der Waals surface area contributed by atoms with Gasteiger partial charge >= 0.3 is 0 Å². The van der Waals surface area contributed by atoms with Crippen LogP contribution in [-0.2, 0) is 0 Å². The highest BCUT2D eigenvalue weighted by atomic mass is 19.1. The number of rotatable bonds is 2. The third-order valence-electron chi connectivity index (χ3n) is 3.55. The van der Waals surface area contributed by atoms with E-state index in [2.05, 4.69) is 13.8 Å². The van der Waals surface area contributed by atoms with Gasteiger partial charge in [-0.25, -0.2) is 8.78 Å². The van der Waals surface area contributed by atoms with Gasteiger partial charge in [-0.05, 0) is 30.4 Å². The minimum Gasteiger partial charge on any atom is -0.486 e. The predicted molar refractivity (Wildman–Crippen MR) is 61.8 cm³/mol. The Labute approximate surface area is 99.8 Å². The van der Waals surface area contributed by atoms with Crippen molar-refractivity contribution in [3.05, 3.63) is 29.8 Å². The molecule has 2 nitrogen and oxygen atoms in total. The van der Waals surface area contributed by atoms with Gasteiger partial charge in [0.15, 0.2) is 11.6 Å². The van der Waals surface area contributed by atoms with Gasteiger partial charge in [-0.1, -0.05) is 13.8 Å². The van der Waals surface area contributed by atoms with Crippen LogP contribution in [0.5, 0.6) is 5.75 Å². The molecule has 1 aromatic rings. The van der Waals surface area contributed by atoms with Crippen molar-refractivity contribution in [2.75, 3.05) is 0 Å². The van der Waals surface area contributed by atoms with Crippen LogP contribution in [0.25, 0.3) is 0 Å². The van der Waals surface area contributed by atoms with Crippen molar-refractivity contribution in [2.24, 2.45) is 11.1 Å². The van der Waals surface area contributed by atoms with Crippen LogP contribution in [0.2, 0.25) is 0 Å². The molecule has 1 aromatic carbocycles. The second kappa shape index (κ2) is 4.26. The molecule has 2 N–H and O–H groups in total. The highest BCUT2D eigenvalue weighted by molar-refractivity contribution is 5.25. The van der Waals surface area contributed by atoms with E-state index >= 15 is 0 Å². The molecule has 1 aliphatic carbocycles. The topological polar surface area (TPSA) is 35.2 Å². The molecular weight excluding hydrogens is 224 g/mol. The SMILES string of the molecule is CC1(C)CCC(Oc2cc(F)ccc2F)C1N. The van der Waals surface area contributed by atoms with E-state index in [0.717, 1.165) is 31.0 Å². The Bertz CT molecular complexity index is 420. The minimum atomic E-state index is -0.552. The number of benzene rings is 1. The van der Waals surface area contributed by atoms with Gasteiger partial charge < -0.3 is 10.5 Å². The van der Waals surface area contributed by atoms with E-state index in [0.29, 0.717) is 0 Å². The first-order valence-electron chi connectivity index (χ1n) is 5.77. The Kier molecular flexibility index (Phi) is 3.08. The number of hydrogen-bond donors (Lipinski definition) is 1. The lowest BCUT2D eigenvalue weighted by molar-refractivity contribution is 0.158. The summed E-state index contributed by atoms with van der Waals surface area (Å²) in [7, 11) is 0. The van der Waals surface area contributed by atoms with Gasteiger partial charge in [0.1, 0.15) is 11.9 Å². The summed E-state index contributed by atoms with van der Waals surface area (Å²) >= 11 is 0. The maximum Gasteiger partial charge on any atom is 0.165 e. The van der Waals surface area contributed by atoms with Crippen LogP contribution >= 0.6 is 0 Å². The van der Waals surface area contributed by atoms with Crippen LogP contribution in [-0.4, -0.2) is 12.1 Å². The standard InChI is InChI=1S/C13H17F2NO/c1-13(2)6-5-10(12(13)16)17-11-7-8(14)3-4-9(11)15/h3-4,7,10,12H,5-6,16H2,1-2H3. The number of ether oxygens (including phenoxy) is 1. The summed E-state index contributed by atoms with van der Waals surface area (Å²) in [5, 5.41) is 0. The quantitative estimate of drug-likeness (QED) is 0.864. The van der Waals surface area contributed by atoms with Crippen LogP contribution in [0, 0.1) is 17.0 Å². The molecule has 1 aliphatic rings. The Morgan fingerprint density at radius 3 is 2.65 bits per heavy atom. The molecule has 0 amide bonds. The van der Waals surface area contributed by atoms with Crippen molar-refractivity contribution in [3.63, 3.8) is 0 Å². The molecule has 0 spiro atoms. The number of halogens is 2. The van der Waals surface area contributed by atoms with Crippen molar-refractivity contribution < 1.29 is 13.5 Å². The normalized spacial score (nSPS) is 27.1. The van der Waals surface area contributed by atoms with Crippen molar-refractivity contribution in [2.45, 2.75) is 38.8 Å².